The highest BCUT2D eigenvalue weighted by atomic mass is 32.2. The van der Waals surface area contributed by atoms with Crippen molar-refractivity contribution in [1.29, 1.82) is 0 Å². The zero-order chi connectivity index (χ0) is 21.1. The number of aromatic nitrogens is 3. The molecule has 1 saturated heterocycles. The summed E-state index contributed by atoms with van der Waals surface area (Å²) in [6, 6.07) is 9.87. The number of nitrogens with one attached hydrogen (secondary N) is 3. The van der Waals surface area contributed by atoms with Gasteiger partial charge in [-0.1, -0.05) is 12.1 Å². The number of anilines is 2. The molecule has 1 aromatic carbocycles. The average molecular weight is 434 g/mol. The standard InChI is InChI=1S/C19H24FN7O2S/c1-21-16-12-26(13-16)19-24-18(17-3-2-9-27(17)25-19)22-8-10-30(28,29)23-11-14-4-6-15(20)7-5-14/h2-7,9,16,21,23H,8,10-13H2,1H3,(H,22,24,25). The number of nitrogens with zero attached hydrogens (tertiary/aromatic N) is 4. The van der Waals surface area contributed by atoms with E-state index in [4.69, 9.17) is 0 Å². The Labute approximate surface area is 174 Å². The molecular formula is C19H24FN7O2S. The van der Waals surface area contributed by atoms with Gasteiger partial charge in [-0.3, -0.25) is 0 Å². The summed E-state index contributed by atoms with van der Waals surface area (Å²) in [6.07, 6.45) is 1.84. The van der Waals surface area contributed by atoms with Gasteiger partial charge in [0.25, 0.3) is 0 Å². The van der Waals surface area contributed by atoms with Gasteiger partial charge in [0.05, 0.1) is 5.75 Å². The molecule has 11 heteroatoms. The van der Waals surface area contributed by atoms with E-state index in [9.17, 15) is 12.8 Å². The van der Waals surface area contributed by atoms with E-state index in [0.717, 1.165) is 18.6 Å². The second-order valence-corrected chi connectivity index (χ2v) is 9.11. The summed E-state index contributed by atoms with van der Waals surface area (Å²) in [6.45, 7) is 1.95. The normalized spacial score (nSPS) is 14.8. The van der Waals surface area contributed by atoms with Gasteiger partial charge in [-0.15, -0.1) is 5.10 Å². The molecule has 3 heterocycles. The summed E-state index contributed by atoms with van der Waals surface area (Å²) in [5, 5.41) is 10.9. The van der Waals surface area contributed by atoms with Crippen LogP contribution in [0, 0.1) is 5.82 Å². The van der Waals surface area contributed by atoms with Crippen molar-refractivity contribution in [3.63, 3.8) is 0 Å². The van der Waals surface area contributed by atoms with Crippen LogP contribution < -0.4 is 20.3 Å². The predicted octanol–water partition coefficient (Wildman–Crippen LogP) is 0.808. The number of likely N-dealkylation sites (N-methyl/N-ethyl adjacent to an activating group) is 1. The molecule has 1 aliphatic heterocycles. The maximum absolute atomic E-state index is 13.0. The molecule has 1 aliphatic rings. The molecule has 30 heavy (non-hydrogen) atoms. The van der Waals surface area contributed by atoms with Gasteiger partial charge >= 0.3 is 0 Å². The summed E-state index contributed by atoms with van der Waals surface area (Å²) in [5.74, 6) is 0.717. The van der Waals surface area contributed by atoms with E-state index in [2.05, 4.69) is 30.3 Å². The lowest BCUT2D eigenvalue weighted by molar-refractivity contribution is 0.441. The van der Waals surface area contributed by atoms with Gasteiger partial charge < -0.3 is 15.5 Å². The first-order valence-electron chi connectivity index (χ1n) is 9.67. The summed E-state index contributed by atoms with van der Waals surface area (Å²) >= 11 is 0. The van der Waals surface area contributed by atoms with Gasteiger partial charge in [-0.25, -0.2) is 22.0 Å². The van der Waals surface area contributed by atoms with Crippen molar-refractivity contribution in [1.82, 2.24) is 24.6 Å². The molecule has 0 spiro atoms. The molecule has 0 saturated carbocycles. The zero-order valence-electron chi connectivity index (χ0n) is 16.5. The summed E-state index contributed by atoms with van der Waals surface area (Å²) in [4.78, 5) is 6.65. The van der Waals surface area contributed by atoms with Crippen molar-refractivity contribution in [2.45, 2.75) is 12.6 Å². The Morgan fingerprint density at radius 3 is 2.70 bits per heavy atom. The zero-order valence-corrected chi connectivity index (χ0v) is 17.4. The van der Waals surface area contributed by atoms with Crippen LogP contribution in [0.3, 0.4) is 0 Å². The Balaban J connectivity index is 1.37. The number of rotatable bonds is 9. The lowest BCUT2D eigenvalue weighted by Gasteiger charge is -2.38. The van der Waals surface area contributed by atoms with Crippen LogP contribution in [0.1, 0.15) is 5.56 Å². The molecule has 9 nitrogen and oxygen atoms in total. The van der Waals surface area contributed by atoms with Gasteiger partial charge in [0.1, 0.15) is 11.3 Å². The lowest BCUT2D eigenvalue weighted by atomic mass is 10.1. The quantitative estimate of drug-likeness (QED) is 0.459. The maximum Gasteiger partial charge on any atom is 0.245 e. The summed E-state index contributed by atoms with van der Waals surface area (Å²) in [7, 11) is -1.58. The Morgan fingerprint density at radius 2 is 1.97 bits per heavy atom. The van der Waals surface area contributed by atoms with E-state index in [0.29, 0.717) is 23.4 Å². The topological polar surface area (TPSA) is 104 Å². The SMILES string of the molecule is CNC1CN(c2nc(NCCS(=O)(=O)NCc3ccc(F)cc3)c3cccn3n2)C1. The second-order valence-electron chi connectivity index (χ2n) is 7.18. The molecule has 0 atom stereocenters. The second kappa shape index (κ2) is 8.54. The molecule has 0 amide bonds. The van der Waals surface area contributed by atoms with Crippen molar-refractivity contribution < 1.29 is 12.8 Å². The monoisotopic (exact) mass is 433 g/mol. The third-order valence-corrected chi connectivity index (χ3v) is 6.35. The van der Waals surface area contributed by atoms with Crippen LogP contribution in [0.5, 0.6) is 0 Å². The Hall–Kier alpha value is -2.76. The molecule has 2 aromatic heterocycles. The molecule has 3 aromatic rings. The van der Waals surface area contributed by atoms with Crippen LogP contribution in [0.25, 0.3) is 5.52 Å². The smallest absolute Gasteiger partial charge is 0.245 e. The van der Waals surface area contributed by atoms with E-state index >= 15 is 0 Å². The fourth-order valence-electron chi connectivity index (χ4n) is 3.18. The lowest BCUT2D eigenvalue weighted by Crippen LogP contribution is -2.57. The Morgan fingerprint density at radius 1 is 1.20 bits per heavy atom. The number of hydrogen-bond donors (Lipinski definition) is 3. The molecule has 1 fully saturated rings. The molecule has 0 aliphatic carbocycles. The Bertz CT molecular complexity index is 1110. The van der Waals surface area contributed by atoms with Crippen LogP contribution in [0.2, 0.25) is 0 Å². The third-order valence-electron chi connectivity index (χ3n) is 5.03. The summed E-state index contributed by atoms with van der Waals surface area (Å²) in [5.41, 5.74) is 1.47. The largest absolute Gasteiger partial charge is 0.367 e. The highest BCUT2D eigenvalue weighted by molar-refractivity contribution is 7.89. The van der Waals surface area contributed by atoms with E-state index < -0.39 is 10.0 Å². The number of benzene rings is 1. The van der Waals surface area contributed by atoms with Crippen molar-refractivity contribution in [3.8, 4) is 0 Å². The first-order chi connectivity index (χ1) is 14.4. The van der Waals surface area contributed by atoms with Gasteiger partial charge in [-0.2, -0.15) is 4.98 Å². The minimum Gasteiger partial charge on any atom is -0.367 e. The van der Waals surface area contributed by atoms with Gasteiger partial charge in [0, 0.05) is 38.4 Å². The van der Waals surface area contributed by atoms with E-state index in [1.54, 1.807) is 16.6 Å². The summed E-state index contributed by atoms with van der Waals surface area (Å²) < 4.78 is 41.8. The predicted molar refractivity (Wildman–Crippen MR) is 114 cm³/mol. The van der Waals surface area contributed by atoms with Gasteiger partial charge in [0.2, 0.25) is 16.0 Å². The van der Waals surface area contributed by atoms with Crippen LogP contribution in [0.4, 0.5) is 16.2 Å². The fraction of sp³-hybridized carbons (Fsp3) is 0.368. The number of halogens is 1. The van der Waals surface area contributed by atoms with Crippen molar-refractivity contribution >= 4 is 27.3 Å². The Kier molecular flexibility index (Phi) is 5.84. The highest BCUT2D eigenvalue weighted by Crippen LogP contribution is 2.21. The van der Waals surface area contributed by atoms with Crippen molar-refractivity contribution in [2.75, 3.05) is 42.7 Å². The van der Waals surface area contributed by atoms with Crippen LogP contribution in [0.15, 0.2) is 42.6 Å². The van der Waals surface area contributed by atoms with Crippen molar-refractivity contribution in [2.24, 2.45) is 0 Å². The first-order valence-corrected chi connectivity index (χ1v) is 11.3. The molecular weight excluding hydrogens is 409 g/mol. The molecule has 160 valence electrons. The number of hydrogen-bond acceptors (Lipinski definition) is 7. The molecule has 0 radical (unpaired) electrons. The van der Waals surface area contributed by atoms with Crippen LogP contribution >= 0.6 is 0 Å². The number of sulfonamides is 1. The fourth-order valence-corrected chi connectivity index (χ4v) is 4.08. The minimum atomic E-state index is -3.51. The molecule has 4 rings (SSSR count). The van der Waals surface area contributed by atoms with E-state index in [1.165, 1.54) is 12.1 Å². The van der Waals surface area contributed by atoms with Crippen LogP contribution in [-0.4, -0.2) is 61.5 Å². The van der Waals surface area contributed by atoms with Crippen LogP contribution in [-0.2, 0) is 16.6 Å². The van der Waals surface area contributed by atoms with Gasteiger partial charge in [0.15, 0.2) is 5.82 Å². The van der Waals surface area contributed by atoms with E-state index in [-0.39, 0.29) is 24.7 Å². The number of fused-ring (bicyclic) bond motifs is 1. The molecule has 3 N–H and O–H groups in total. The molecule has 0 unspecified atom stereocenters. The average Bonchev–Trinajstić information content (AvgIpc) is 3.16. The van der Waals surface area contributed by atoms with Crippen molar-refractivity contribution in [3.05, 3.63) is 54.0 Å². The third kappa shape index (κ3) is 4.69. The first kappa shape index (κ1) is 20.5. The minimum absolute atomic E-state index is 0.116. The van der Waals surface area contributed by atoms with Gasteiger partial charge in [-0.05, 0) is 36.9 Å². The molecule has 0 bridgehead atoms. The highest BCUT2D eigenvalue weighted by Gasteiger charge is 2.28. The van der Waals surface area contributed by atoms with E-state index in [1.807, 2.05) is 25.4 Å². The maximum atomic E-state index is 13.0.